The van der Waals surface area contributed by atoms with Crippen molar-refractivity contribution >= 4 is 17.7 Å². The number of nitrogens with one attached hydrogen (secondary N) is 1. The van der Waals surface area contributed by atoms with E-state index in [9.17, 15) is 4.79 Å². The largest absolute Gasteiger partial charge is 0.355 e. The topological polar surface area (TPSA) is 32.3 Å². The fraction of sp³-hybridized carbons (Fsp3) is 0.381. The van der Waals surface area contributed by atoms with Gasteiger partial charge in [0.2, 0.25) is 5.91 Å². The average Bonchev–Trinajstić information content (AvgIpc) is 2.67. The Balaban J connectivity index is 1.96. The smallest absolute Gasteiger partial charge is 0.237 e. The standard InChI is InChI=1S/C21H28N2OS/c1-3-23(4-2)17-11-16-22-21(24)20(18-12-7-5-8-13-18)25-19-14-9-6-10-15-19/h5-10,12-15,20H,3-4,11,16-17H2,1-2H3,(H,22,24). The maximum absolute atomic E-state index is 12.8. The molecule has 0 radical (unpaired) electrons. The molecule has 0 fully saturated rings. The van der Waals surface area contributed by atoms with Crippen LogP contribution in [0.4, 0.5) is 0 Å². The van der Waals surface area contributed by atoms with Gasteiger partial charge in [0.15, 0.2) is 0 Å². The van der Waals surface area contributed by atoms with Gasteiger partial charge in [0.05, 0.1) is 0 Å². The second-order valence-corrected chi connectivity index (χ2v) is 7.07. The van der Waals surface area contributed by atoms with E-state index in [-0.39, 0.29) is 11.2 Å². The lowest BCUT2D eigenvalue weighted by Crippen LogP contribution is -2.32. The van der Waals surface area contributed by atoms with Crippen molar-refractivity contribution in [3.8, 4) is 0 Å². The highest BCUT2D eigenvalue weighted by molar-refractivity contribution is 8.00. The first-order valence-corrected chi connectivity index (χ1v) is 9.89. The summed E-state index contributed by atoms with van der Waals surface area (Å²) in [5.74, 6) is 0.0830. The van der Waals surface area contributed by atoms with Crippen LogP contribution in [-0.4, -0.2) is 37.0 Å². The molecule has 1 N–H and O–H groups in total. The van der Waals surface area contributed by atoms with E-state index >= 15 is 0 Å². The van der Waals surface area contributed by atoms with Crippen LogP contribution >= 0.6 is 11.8 Å². The van der Waals surface area contributed by atoms with Crippen LogP contribution in [0.15, 0.2) is 65.6 Å². The zero-order valence-corrected chi connectivity index (χ0v) is 16.0. The fourth-order valence-electron chi connectivity index (χ4n) is 2.68. The Morgan fingerprint density at radius 2 is 1.60 bits per heavy atom. The molecule has 1 amide bonds. The summed E-state index contributed by atoms with van der Waals surface area (Å²) >= 11 is 1.60. The second-order valence-electron chi connectivity index (χ2n) is 5.89. The summed E-state index contributed by atoms with van der Waals surface area (Å²) in [6.07, 6.45) is 0.977. The third-order valence-corrected chi connectivity index (χ3v) is 5.45. The molecule has 0 saturated heterocycles. The van der Waals surface area contributed by atoms with E-state index in [0.717, 1.165) is 36.5 Å². The lowest BCUT2D eigenvalue weighted by Gasteiger charge is -2.19. The summed E-state index contributed by atoms with van der Waals surface area (Å²) < 4.78 is 0. The molecular formula is C21H28N2OS. The van der Waals surface area contributed by atoms with Crippen molar-refractivity contribution in [2.75, 3.05) is 26.2 Å². The number of rotatable bonds is 10. The third-order valence-electron chi connectivity index (χ3n) is 4.18. The summed E-state index contributed by atoms with van der Waals surface area (Å²) in [4.78, 5) is 16.3. The van der Waals surface area contributed by atoms with Crippen LogP contribution < -0.4 is 5.32 Å². The zero-order chi connectivity index (χ0) is 17.9. The SMILES string of the molecule is CCN(CC)CCCNC(=O)C(Sc1ccccc1)c1ccccc1. The molecule has 134 valence electrons. The minimum absolute atomic E-state index is 0.0830. The van der Waals surface area contributed by atoms with Gasteiger partial charge in [-0.05, 0) is 43.8 Å². The number of amides is 1. The van der Waals surface area contributed by atoms with Crippen molar-refractivity contribution in [2.24, 2.45) is 0 Å². The lowest BCUT2D eigenvalue weighted by atomic mass is 10.1. The molecule has 2 aromatic carbocycles. The average molecular weight is 357 g/mol. The van der Waals surface area contributed by atoms with Crippen LogP contribution in [-0.2, 0) is 4.79 Å². The Kier molecular flexibility index (Phi) is 8.56. The maximum Gasteiger partial charge on any atom is 0.237 e. The summed E-state index contributed by atoms with van der Waals surface area (Å²) in [5, 5.41) is 2.89. The van der Waals surface area contributed by atoms with E-state index in [4.69, 9.17) is 0 Å². The van der Waals surface area contributed by atoms with Crippen LogP contribution in [0, 0.1) is 0 Å². The van der Waals surface area contributed by atoms with Crippen molar-refractivity contribution in [3.63, 3.8) is 0 Å². The molecule has 4 heteroatoms. The lowest BCUT2D eigenvalue weighted by molar-refractivity contribution is -0.120. The van der Waals surface area contributed by atoms with E-state index in [2.05, 4.69) is 24.1 Å². The van der Waals surface area contributed by atoms with Gasteiger partial charge in [-0.2, -0.15) is 0 Å². The number of hydrogen-bond acceptors (Lipinski definition) is 3. The number of nitrogens with zero attached hydrogens (tertiary/aromatic N) is 1. The molecule has 3 nitrogen and oxygen atoms in total. The van der Waals surface area contributed by atoms with Gasteiger partial charge in [-0.25, -0.2) is 0 Å². The molecule has 0 bridgehead atoms. The van der Waals surface area contributed by atoms with Gasteiger partial charge in [-0.15, -0.1) is 11.8 Å². The highest BCUT2D eigenvalue weighted by Crippen LogP contribution is 2.35. The molecule has 0 aliphatic heterocycles. The summed E-state index contributed by atoms with van der Waals surface area (Å²) in [5.41, 5.74) is 1.04. The Morgan fingerprint density at radius 3 is 2.20 bits per heavy atom. The van der Waals surface area contributed by atoms with Gasteiger partial charge in [-0.3, -0.25) is 4.79 Å². The second kappa shape index (κ2) is 11.0. The van der Waals surface area contributed by atoms with Crippen LogP contribution in [0.1, 0.15) is 31.1 Å². The van der Waals surface area contributed by atoms with Crippen LogP contribution in [0.5, 0.6) is 0 Å². The first kappa shape index (κ1) is 19.5. The van der Waals surface area contributed by atoms with Gasteiger partial charge in [0, 0.05) is 11.4 Å². The molecule has 0 spiro atoms. The van der Waals surface area contributed by atoms with Crippen molar-refractivity contribution < 1.29 is 4.79 Å². The highest BCUT2D eigenvalue weighted by Gasteiger charge is 2.21. The predicted octanol–water partition coefficient (Wildman–Crippen LogP) is 4.37. The van der Waals surface area contributed by atoms with Gasteiger partial charge >= 0.3 is 0 Å². The number of carbonyl (C=O) groups excluding carboxylic acids is 1. The number of benzene rings is 2. The normalized spacial score (nSPS) is 12.1. The molecule has 0 heterocycles. The number of thioether (sulfide) groups is 1. The third kappa shape index (κ3) is 6.56. The predicted molar refractivity (Wildman–Crippen MR) is 107 cm³/mol. The van der Waals surface area contributed by atoms with E-state index < -0.39 is 0 Å². The minimum atomic E-state index is -0.225. The van der Waals surface area contributed by atoms with Crippen LogP contribution in [0.3, 0.4) is 0 Å². The zero-order valence-electron chi connectivity index (χ0n) is 15.2. The van der Waals surface area contributed by atoms with Crippen LogP contribution in [0.25, 0.3) is 0 Å². The Morgan fingerprint density at radius 1 is 1.00 bits per heavy atom. The van der Waals surface area contributed by atoms with E-state index in [0.29, 0.717) is 6.54 Å². The molecule has 0 aliphatic carbocycles. The van der Waals surface area contributed by atoms with Gasteiger partial charge in [0.1, 0.15) is 5.25 Å². The molecule has 0 aromatic heterocycles. The summed E-state index contributed by atoms with van der Waals surface area (Å²) in [6, 6.07) is 20.1. The highest BCUT2D eigenvalue weighted by atomic mass is 32.2. The molecule has 2 rings (SSSR count). The van der Waals surface area contributed by atoms with Gasteiger partial charge < -0.3 is 10.2 Å². The molecule has 0 saturated carbocycles. The van der Waals surface area contributed by atoms with E-state index in [1.54, 1.807) is 11.8 Å². The maximum atomic E-state index is 12.8. The van der Waals surface area contributed by atoms with Crippen molar-refractivity contribution in [3.05, 3.63) is 66.2 Å². The van der Waals surface area contributed by atoms with E-state index in [1.807, 2.05) is 60.7 Å². The van der Waals surface area contributed by atoms with Crippen molar-refractivity contribution in [1.29, 1.82) is 0 Å². The fourth-order valence-corrected chi connectivity index (χ4v) is 3.75. The summed E-state index contributed by atoms with van der Waals surface area (Å²) in [7, 11) is 0. The minimum Gasteiger partial charge on any atom is -0.355 e. The molecule has 0 aliphatic rings. The molecule has 1 unspecified atom stereocenters. The summed E-state index contributed by atoms with van der Waals surface area (Å²) in [6.45, 7) is 8.19. The van der Waals surface area contributed by atoms with Crippen molar-refractivity contribution in [1.82, 2.24) is 10.2 Å². The Hall–Kier alpha value is -1.78. The van der Waals surface area contributed by atoms with Gasteiger partial charge in [-0.1, -0.05) is 62.4 Å². The molecule has 25 heavy (non-hydrogen) atoms. The molecular weight excluding hydrogens is 328 g/mol. The monoisotopic (exact) mass is 356 g/mol. The first-order valence-electron chi connectivity index (χ1n) is 9.01. The quantitative estimate of drug-likeness (QED) is 0.507. The molecule has 1 atom stereocenters. The molecule has 2 aromatic rings. The van der Waals surface area contributed by atoms with E-state index in [1.165, 1.54) is 0 Å². The Labute approximate surface area is 155 Å². The number of hydrogen-bond donors (Lipinski definition) is 1. The van der Waals surface area contributed by atoms with Gasteiger partial charge in [0.25, 0.3) is 0 Å². The first-order chi connectivity index (χ1) is 12.2. The number of carbonyl (C=O) groups is 1. The van der Waals surface area contributed by atoms with Crippen molar-refractivity contribution in [2.45, 2.75) is 30.4 Å². The van der Waals surface area contributed by atoms with Crippen LogP contribution in [0.2, 0.25) is 0 Å². The Bertz CT molecular complexity index is 614.